The molecule has 3 nitrogen and oxygen atoms in total. The number of carbonyl (C=O) groups is 1. The molecule has 0 bridgehead atoms. The van der Waals surface area contributed by atoms with E-state index >= 15 is 0 Å². The van der Waals surface area contributed by atoms with Gasteiger partial charge < -0.3 is 10.2 Å². The molecule has 1 atom stereocenters. The second-order valence-electron chi connectivity index (χ2n) is 1.64. The van der Waals surface area contributed by atoms with Crippen LogP contribution in [0.3, 0.4) is 0 Å². The summed E-state index contributed by atoms with van der Waals surface area (Å²) in [5, 5.41) is 16.8. The molecule has 0 aromatic carbocycles. The summed E-state index contributed by atoms with van der Waals surface area (Å²) in [7, 11) is 0. The molecule has 0 aliphatic heterocycles. The summed E-state index contributed by atoms with van der Waals surface area (Å²) in [5.41, 5.74) is 0. The second-order valence-corrected chi connectivity index (χ2v) is 2.62. The van der Waals surface area contributed by atoms with Gasteiger partial charge in [0.1, 0.15) is 0 Å². The first-order valence-corrected chi connectivity index (χ1v) is 3.97. The first kappa shape index (κ1) is 12.9. The maximum absolute atomic E-state index is 9.95. The van der Waals surface area contributed by atoms with Crippen LogP contribution in [0.1, 0.15) is 6.42 Å². The van der Waals surface area contributed by atoms with Crippen molar-refractivity contribution in [3.63, 3.8) is 0 Å². The van der Waals surface area contributed by atoms with Gasteiger partial charge in [0.25, 0.3) is 0 Å². The molecule has 0 aromatic heterocycles. The van der Waals surface area contributed by atoms with Gasteiger partial charge >= 0.3 is 5.97 Å². The van der Waals surface area contributed by atoms with Gasteiger partial charge in [-0.2, -0.15) is 11.8 Å². The standard InChI is InChI=1S/C5H10O3S.Fe/c1-9-3-2-4(6)5(7)8;/h4,6H,2-3H2,1H3,(H,7,8);. The summed E-state index contributed by atoms with van der Waals surface area (Å²) < 4.78 is 0. The molecule has 0 radical (unpaired) electrons. The van der Waals surface area contributed by atoms with E-state index in [4.69, 9.17) is 10.2 Å². The average molecular weight is 206 g/mol. The monoisotopic (exact) mass is 206 g/mol. The van der Waals surface area contributed by atoms with Gasteiger partial charge in [0.05, 0.1) is 0 Å². The summed E-state index contributed by atoms with van der Waals surface area (Å²) in [4.78, 5) is 9.95. The average Bonchev–Trinajstić information content (AvgIpc) is 1.82. The van der Waals surface area contributed by atoms with Gasteiger partial charge in [0.2, 0.25) is 0 Å². The molecule has 10 heavy (non-hydrogen) atoms. The van der Waals surface area contributed by atoms with E-state index in [2.05, 4.69) is 0 Å². The van der Waals surface area contributed by atoms with Gasteiger partial charge in [0, 0.05) is 17.1 Å². The Labute approximate surface area is 74.7 Å². The van der Waals surface area contributed by atoms with E-state index in [1.54, 1.807) is 0 Å². The zero-order chi connectivity index (χ0) is 7.28. The molecule has 62 valence electrons. The van der Waals surface area contributed by atoms with E-state index in [9.17, 15) is 4.79 Å². The first-order valence-electron chi connectivity index (χ1n) is 2.58. The number of hydrogen-bond donors (Lipinski definition) is 2. The minimum atomic E-state index is -1.18. The van der Waals surface area contributed by atoms with Gasteiger partial charge in [-0.3, -0.25) is 0 Å². The van der Waals surface area contributed by atoms with Crippen molar-refractivity contribution in [3.05, 3.63) is 0 Å². The Morgan fingerprint density at radius 1 is 1.70 bits per heavy atom. The van der Waals surface area contributed by atoms with Crippen molar-refractivity contribution >= 4 is 17.7 Å². The molecule has 0 aliphatic carbocycles. The normalized spacial score (nSPS) is 11.8. The van der Waals surface area contributed by atoms with Crippen LogP contribution in [-0.4, -0.2) is 34.3 Å². The quantitative estimate of drug-likeness (QED) is 0.644. The Morgan fingerprint density at radius 3 is 2.50 bits per heavy atom. The molecule has 0 rings (SSSR count). The van der Waals surface area contributed by atoms with E-state index < -0.39 is 12.1 Å². The van der Waals surface area contributed by atoms with Crippen molar-refractivity contribution in [2.45, 2.75) is 12.5 Å². The molecular formula is C5H10FeO3S. The smallest absolute Gasteiger partial charge is 0.332 e. The van der Waals surface area contributed by atoms with Crippen LogP contribution in [0.2, 0.25) is 0 Å². The third-order valence-electron chi connectivity index (χ3n) is 0.880. The second kappa shape index (κ2) is 7.41. The molecule has 0 spiro atoms. The summed E-state index contributed by atoms with van der Waals surface area (Å²) >= 11 is 1.52. The predicted molar refractivity (Wildman–Crippen MR) is 36.6 cm³/mol. The van der Waals surface area contributed by atoms with Gasteiger partial charge in [-0.25, -0.2) is 4.79 Å². The number of aliphatic hydroxyl groups excluding tert-OH is 1. The molecule has 2 N–H and O–H groups in total. The Balaban J connectivity index is 0. The van der Waals surface area contributed by atoms with Crippen molar-refractivity contribution in [1.82, 2.24) is 0 Å². The Kier molecular flexibility index (Phi) is 9.58. The summed E-state index contributed by atoms with van der Waals surface area (Å²) in [6, 6.07) is 0. The fraction of sp³-hybridized carbons (Fsp3) is 0.800. The first-order chi connectivity index (χ1) is 4.18. The number of aliphatic carboxylic acids is 1. The van der Waals surface area contributed by atoms with Crippen LogP contribution in [0.5, 0.6) is 0 Å². The Bertz CT molecular complexity index is 98.9. The molecule has 0 fully saturated rings. The number of carboxylic acid groups (broad SMARTS) is 1. The van der Waals surface area contributed by atoms with E-state index in [1.807, 2.05) is 6.26 Å². The van der Waals surface area contributed by atoms with Gasteiger partial charge in [-0.15, -0.1) is 0 Å². The maximum Gasteiger partial charge on any atom is 0.332 e. The zero-order valence-electron chi connectivity index (χ0n) is 5.56. The van der Waals surface area contributed by atoms with Crippen molar-refractivity contribution in [3.8, 4) is 0 Å². The van der Waals surface area contributed by atoms with Crippen molar-refractivity contribution in [1.29, 1.82) is 0 Å². The third-order valence-corrected chi connectivity index (χ3v) is 1.52. The SMILES string of the molecule is CSCCC(O)C(=O)O.[Fe]. The number of hydrogen-bond acceptors (Lipinski definition) is 3. The maximum atomic E-state index is 9.95. The summed E-state index contributed by atoms with van der Waals surface area (Å²) in [6.07, 6.45) is 1.02. The van der Waals surface area contributed by atoms with Crippen LogP contribution in [0, 0.1) is 0 Å². The Hall–Kier alpha value is 0.299. The number of aliphatic hydroxyl groups is 1. The molecule has 0 heterocycles. The van der Waals surface area contributed by atoms with E-state index in [-0.39, 0.29) is 17.1 Å². The number of carboxylic acids is 1. The van der Waals surface area contributed by atoms with Gasteiger partial charge in [0.15, 0.2) is 6.10 Å². The molecule has 0 saturated heterocycles. The Morgan fingerprint density at radius 2 is 2.20 bits per heavy atom. The molecule has 5 heteroatoms. The summed E-state index contributed by atoms with van der Waals surface area (Å²) in [5.74, 6) is -0.447. The van der Waals surface area contributed by atoms with E-state index in [1.165, 1.54) is 11.8 Å². The molecule has 0 aromatic rings. The number of thioether (sulfide) groups is 1. The minimum Gasteiger partial charge on any atom is -0.479 e. The van der Waals surface area contributed by atoms with E-state index in [0.29, 0.717) is 12.2 Å². The molecule has 1 unspecified atom stereocenters. The van der Waals surface area contributed by atoms with Crippen LogP contribution in [0.4, 0.5) is 0 Å². The topological polar surface area (TPSA) is 57.5 Å². The van der Waals surface area contributed by atoms with Crippen LogP contribution in [-0.2, 0) is 21.9 Å². The molecular weight excluding hydrogens is 196 g/mol. The molecule has 0 amide bonds. The van der Waals surface area contributed by atoms with Crippen LogP contribution in [0.25, 0.3) is 0 Å². The van der Waals surface area contributed by atoms with Gasteiger partial charge in [-0.05, 0) is 18.4 Å². The van der Waals surface area contributed by atoms with E-state index in [0.717, 1.165) is 0 Å². The molecule has 0 saturated carbocycles. The fourth-order valence-electron chi connectivity index (χ4n) is 0.353. The van der Waals surface area contributed by atoms with Crippen molar-refractivity contribution < 1.29 is 32.1 Å². The fourth-order valence-corrected chi connectivity index (χ4v) is 0.812. The predicted octanol–water partition coefficient (Wildman–Crippen LogP) is 0.182. The van der Waals surface area contributed by atoms with Crippen molar-refractivity contribution in [2.75, 3.05) is 12.0 Å². The zero-order valence-corrected chi connectivity index (χ0v) is 7.48. The molecule has 0 aliphatic rings. The van der Waals surface area contributed by atoms with Crippen LogP contribution in [0.15, 0.2) is 0 Å². The number of rotatable bonds is 4. The van der Waals surface area contributed by atoms with Gasteiger partial charge in [-0.1, -0.05) is 0 Å². The third kappa shape index (κ3) is 6.42. The minimum absolute atomic E-state index is 0. The van der Waals surface area contributed by atoms with Crippen LogP contribution < -0.4 is 0 Å². The van der Waals surface area contributed by atoms with Crippen LogP contribution >= 0.6 is 11.8 Å². The largest absolute Gasteiger partial charge is 0.479 e. The summed E-state index contributed by atoms with van der Waals surface area (Å²) in [6.45, 7) is 0. The van der Waals surface area contributed by atoms with Crippen molar-refractivity contribution in [2.24, 2.45) is 0 Å².